The van der Waals surface area contributed by atoms with Gasteiger partial charge in [-0.3, -0.25) is 0 Å². The molecule has 2 saturated heterocycles. The van der Waals surface area contributed by atoms with Crippen molar-refractivity contribution in [3.05, 3.63) is 6.42 Å². The fourth-order valence-electron chi connectivity index (χ4n) is 2.81. The lowest BCUT2D eigenvalue weighted by Gasteiger charge is -2.51. The van der Waals surface area contributed by atoms with Crippen molar-refractivity contribution in [3.63, 3.8) is 0 Å². The summed E-state index contributed by atoms with van der Waals surface area (Å²) in [4.78, 5) is 0. The van der Waals surface area contributed by atoms with Crippen LogP contribution in [-0.4, -0.2) is 30.7 Å². The molecular weight excluding hydrogens is 134 g/mol. The Morgan fingerprint density at radius 2 is 1.64 bits per heavy atom. The summed E-state index contributed by atoms with van der Waals surface area (Å²) in [6.45, 7) is 0. The summed E-state index contributed by atoms with van der Waals surface area (Å²) in [6.07, 6.45) is 9.63. The predicted octanol–water partition coefficient (Wildman–Crippen LogP) is 1.98. The van der Waals surface area contributed by atoms with Crippen molar-refractivity contribution >= 4 is 0 Å². The second kappa shape index (κ2) is 2.48. The first-order valence-electron chi connectivity index (χ1n) is 4.86. The van der Waals surface area contributed by atoms with Crippen LogP contribution in [0.5, 0.6) is 0 Å². The van der Waals surface area contributed by atoms with Crippen LogP contribution in [0.4, 0.5) is 0 Å². The van der Waals surface area contributed by atoms with Gasteiger partial charge in [-0.2, -0.15) is 0 Å². The Labute approximate surface area is 70.0 Å². The number of fused-ring (bicyclic) bond motifs is 2. The summed E-state index contributed by atoms with van der Waals surface area (Å²) in [7, 11) is 4.84. The molecule has 11 heavy (non-hydrogen) atoms. The van der Waals surface area contributed by atoms with Gasteiger partial charge in [0, 0.05) is 12.8 Å². The van der Waals surface area contributed by atoms with E-state index in [4.69, 9.17) is 0 Å². The van der Waals surface area contributed by atoms with E-state index in [2.05, 4.69) is 20.5 Å². The number of quaternary nitrogens is 1. The zero-order valence-corrected chi connectivity index (χ0v) is 7.71. The molecule has 0 N–H and O–H groups in total. The number of nitrogens with zero attached hydrogens (tertiary/aromatic N) is 1. The smallest absolute Gasteiger partial charge is 0.0891 e. The predicted molar refractivity (Wildman–Crippen MR) is 47.1 cm³/mol. The molecule has 2 aliphatic rings. The standard InChI is InChI=1S/C10H19N/c1-11(2)9-5-3-6-10(11)8-4-7-9/h3,9-10H,4-8H2,1-2H3/q+1. The molecule has 0 aliphatic carbocycles. The minimum Gasteiger partial charge on any atom is -0.324 e. The van der Waals surface area contributed by atoms with Gasteiger partial charge in [0.15, 0.2) is 0 Å². The maximum Gasteiger partial charge on any atom is 0.0891 e. The van der Waals surface area contributed by atoms with Gasteiger partial charge in [0.2, 0.25) is 0 Å². The Morgan fingerprint density at radius 3 is 2.09 bits per heavy atom. The Morgan fingerprint density at radius 1 is 1.09 bits per heavy atom. The molecule has 2 bridgehead atoms. The minimum absolute atomic E-state index is 0.947. The Kier molecular flexibility index (Phi) is 1.71. The molecule has 2 rings (SSSR count). The van der Waals surface area contributed by atoms with E-state index in [1.807, 2.05) is 0 Å². The van der Waals surface area contributed by atoms with Crippen LogP contribution in [0, 0.1) is 6.42 Å². The number of hydrogen-bond donors (Lipinski definition) is 0. The maximum absolute atomic E-state index is 2.51. The zero-order valence-electron chi connectivity index (χ0n) is 7.71. The van der Waals surface area contributed by atoms with E-state index in [0.717, 1.165) is 12.1 Å². The van der Waals surface area contributed by atoms with Crippen molar-refractivity contribution in [2.24, 2.45) is 0 Å². The van der Waals surface area contributed by atoms with E-state index in [1.165, 1.54) is 36.6 Å². The Bertz CT molecular complexity index is 127. The lowest BCUT2D eigenvalue weighted by molar-refractivity contribution is -0.947. The molecule has 1 radical (unpaired) electrons. The first kappa shape index (κ1) is 7.60. The van der Waals surface area contributed by atoms with Crippen LogP contribution < -0.4 is 0 Å². The van der Waals surface area contributed by atoms with E-state index < -0.39 is 0 Å². The number of hydrogen-bond acceptors (Lipinski definition) is 0. The van der Waals surface area contributed by atoms with Gasteiger partial charge in [0.25, 0.3) is 0 Å². The van der Waals surface area contributed by atoms with Gasteiger partial charge in [-0.05, 0) is 25.7 Å². The third-order valence-electron chi connectivity index (χ3n) is 3.83. The Balaban J connectivity index is 2.17. The van der Waals surface area contributed by atoms with Crippen LogP contribution in [0.15, 0.2) is 0 Å². The van der Waals surface area contributed by atoms with Gasteiger partial charge in [-0.15, -0.1) is 0 Å². The zero-order chi connectivity index (χ0) is 7.90. The van der Waals surface area contributed by atoms with E-state index in [1.54, 1.807) is 0 Å². The monoisotopic (exact) mass is 153 g/mol. The molecule has 1 heteroatoms. The van der Waals surface area contributed by atoms with Gasteiger partial charge in [0.1, 0.15) is 0 Å². The summed E-state index contributed by atoms with van der Waals surface area (Å²) in [5.74, 6) is 0. The van der Waals surface area contributed by atoms with Crippen molar-refractivity contribution in [2.75, 3.05) is 14.1 Å². The molecule has 2 atom stereocenters. The van der Waals surface area contributed by atoms with Gasteiger partial charge >= 0.3 is 0 Å². The molecule has 0 aromatic carbocycles. The third-order valence-corrected chi connectivity index (χ3v) is 3.83. The second-order valence-electron chi connectivity index (χ2n) is 4.63. The second-order valence-corrected chi connectivity index (χ2v) is 4.63. The fraction of sp³-hybridized carbons (Fsp3) is 0.900. The molecule has 0 saturated carbocycles. The molecule has 2 unspecified atom stereocenters. The van der Waals surface area contributed by atoms with Crippen LogP contribution in [-0.2, 0) is 0 Å². The van der Waals surface area contributed by atoms with E-state index in [0.29, 0.717) is 0 Å². The van der Waals surface area contributed by atoms with Crippen LogP contribution >= 0.6 is 0 Å². The van der Waals surface area contributed by atoms with Crippen LogP contribution in [0.1, 0.15) is 32.1 Å². The largest absolute Gasteiger partial charge is 0.324 e. The molecule has 1 nitrogen and oxygen atoms in total. The Hall–Kier alpha value is -0.0400. The van der Waals surface area contributed by atoms with E-state index >= 15 is 0 Å². The molecule has 2 aliphatic heterocycles. The number of rotatable bonds is 0. The topological polar surface area (TPSA) is 0 Å². The van der Waals surface area contributed by atoms with Crippen molar-refractivity contribution in [3.8, 4) is 0 Å². The summed E-state index contributed by atoms with van der Waals surface area (Å²) in [5.41, 5.74) is 0. The molecule has 63 valence electrons. The van der Waals surface area contributed by atoms with Crippen LogP contribution in [0.3, 0.4) is 0 Å². The highest BCUT2D eigenvalue weighted by Crippen LogP contribution is 2.36. The minimum atomic E-state index is 0.947. The quantitative estimate of drug-likeness (QED) is 0.467. The summed E-state index contributed by atoms with van der Waals surface area (Å²) in [5, 5.41) is 0. The highest BCUT2D eigenvalue weighted by Gasteiger charge is 2.42. The molecule has 0 aromatic heterocycles. The van der Waals surface area contributed by atoms with Crippen molar-refractivity contribution in [1.29, 1.82) is 0 Å². The first-order valence-corrected chi connectivity index (χ1v) is 4.86. The summed E-state index contributed by atoms with van der Waals surface area (Å²) in [6, 6.07) is 1.89. The van der Waals surface area contributed by atoms with Gasteiger partial charge in [0.05, 0.1) is 26.2 Å². The van der Waals surface area contributed by atoms with Crippen molar-refractivity contribution in [1.82, 2.24) is 0 Å². The maximum atomic E-state index is 2.51. The molecule has 0 amide bonds. The van der Waals surface area contributed by atoms with E-state index in [-0.39, 0.29) is 0 Å². The normalized spacial score (nSPS) is 42.0. The van der Waals surface area contributed by atoms with Crippen LogP contribution in [0.2, 0.25) is 0 Å². The first-order chi connectivity index (χ1) is 5.21. The van der Waals surface area contributed by atoms with E-state index in [9.17, 15) is 0 Å². The highest BCUT2D eigenvalue weighted by molar-refractivity contribution is 4.86. The highest BCUT2D eigenvalue weighted by atomic mass is 15.4. The molecule has 0 aromatic rings. The van der Waals surface area contributed by atoms with Crippen molar-refractivity contribution < 1.29 is 4.48 Å². The lowest BCUT2D eigenvalue weighted by Crippen LogP contribution is -2.60. The summed E-state index contributed by atoms with van der Waals surface area (Å²) >= 11 is 0. The van der Waals surface area contributed by atoms with Crippen LogP contribution in [0.25, 0.3) is 0 Å². The SMILES string of the molecule is C[N+]1(C)C2C[CH]CC1CCC2. The lowest BCUT2D eigenvalue weighted by atomic mass is 9.83. The average molecular weight is 153 g/mol. The van der Waals surface area contributed by atoms with Gasteiger partial charge in [-0.1, -0.05) is 0 Å². The summed E-state index contributed by atoms with van der Waals surface area (Å²) < 4.78 is 1.30. The molecule has 2 fully saturated rings. The molecule has 2 heterocycles. The van der Waals surface area contributed by atoms with Gasteiger partial charge in [-0.25, -0.2) is 0 Å². The average Bonchev–Trinajstić information content (AvgIpc) is 1.82. The van der Waals surface area contributed by atoms with Gasteiger partial charge < -0.3 is 4.48 Å². The third kappa shape index (κ3) is 1.10. The molecular formula is C10H19N+. The fourth-order valence-corrected chi connectivity index (χ4v) is 2.81. The van der Waals surface area contributed by atoms with Crippen molar-refractivity contribution in [2.45, 2.75) is 44.2 Å². The molecule has 0 spiro atoms. The number of piperidine rings is 2.